The van der Waals surface area contributed by atoms with Crippen molar-refractivity contribution in [3.05, 3.63) is 65.5 Å². The summed E-state index contributed by atoms with van der Waals surface area (Å²) in [4.78, 5) is 35.7. The van der Waals surface area contributed by atoms with Gasteiger partial charge in [-0.1, -0.05) is 6.07 Å². The van der Waals surface area contributed by atoms with E-state index in [0.29, 0.717) is 12.0 Å². The number of aromatic nitrogens is 2. The van der Waals surface area contributed by atoms with Gasteiger partial charge in [-0.2, -0.15) is 0 Å². The zero-order valence-electron chi connectivity index (χ0n) is 19.3. The van der Waals surface area contributed by atoms with Crippen molar-refractivity contribution in [3.8, 4) is 0 Å². The maximum Gasteiger partial charge on any atom is 0.243 e. The number of hydrogen-bond donors (Lipinski definition) is 3. The minimum absolute atomic E-state index is 0.0399. The Morgan fingerprint density at radius 2 is 2.00 bits per heavy atom. The Bertz CT molecular complexity index is 1180. The Morgan fingerprint density at radius 3 is 2.76 bits per heavy atom. The van der Waals surface area contributed by atoms with Crippen LogP contribution in [-0.4, -0.2) is 51.4 Å². The van der Waals surface area contributed by atoms with Gasteiger partial charge < -0.3 is 15.6 Å². The number of fused-ring (bicyclic) bond motifs is 1. The van der Waals surface area contributed by atoms with E-state index in [9.17, 15) is 18.4 Å². The number of pyridine rings is 1. The Labute approximate surface area is 196 Å². The van der Waals surface area contributed by atoms with E-state index in [4.69, 9.17) is 0 Å². The van der Waals surface area contributed by atoms with Crippen LogP contribution in [0.5, 0.6) is 0 Å². The van der Waals surface area contributed by atoms with E-state index in [-0.39, 0.29) is 31.0 Å². The monoisotopic (exact) mass is 469 g/mol. The molecule has 1 fully saturated rings. The quantitative estimate of drug-likeness (QED) is 0.473. The average Bonchev–Trinajstić information content (AvgIpc) is 3.48. The van der Waals surface area contributed by atoms with Crippen molar-refractivity contribution in [2.24, 2.45) is 0 Å². The van der Waals surface area contributed by atoms with Crippen LogP contribution < -0.4 is 10.6 Å². The first-order valence-electron chi connectivity index (χ1n) is 11.5. The summed E-state index contributed by atoms with van der Waals surface area (Å²) in [7, 11) is 0. The number of amides is 2. The fourth-order valence-electron chi connectivity index (χ4n) is 4.46. The third kappa shape index (κ3) is 5.41. The molecule has 1 aliphatic rings. The Morgan fingerprint density at radius 1 is 1.18 bits per heavy atom. The fraction of sp³-hybridized carbons (Fsp3) is 0.400. The molecule has 4 rings (SSSR count). The van der Waals surface area contributed by atoms with E-state index in [1.54, 1.807) is 12.4 Å². The number of carbonyl (C=O) groups is 2. The minimum atomic E-state index is -0.990. The summed E-state index contributed by atoms with van der Waals surface area (Å²) >= 11 is 0. The molecular formula is C25H29F2N5O2. The van der Waals surface area contributed by atoms with Crippen molar-refractivity contribution in [2.45, 2.75) is 57.8 Å². The van der Waals surface area contributed by atoms with Crippen LogP contribution in [0, 0.1) is 11.6 Å². The molecule has 0 bridgehead atoms. The maximum absolute atomic E-state index is 13.8. The summed E-state index contributed by atoms with van der Waals surface area (Å²) in [6, 6.07) is 6.26. The number of carbonyl (C=O) groups excluding carboxylic acids is 2. The van der Waals surface area contributed by atoms with Gasteiger partial charge in [0.25, 0.3) is 0 Å². The molecular weight excluding hydrogens is 440 g/mol. The lowest BCUT2D eigenvalue weighted by atomic mass is 10.0. The molecule has 1 aromatic carbocycles. The van der Waals surface area contributed by atoms with Gasteiger partial charge in [0.2, 0.25) is 11.8 Å². The number of nitrogens with one attached hydrogen (secondary N) is 3. The molecule has 0 radical (unpaired) electrons. The summed E-state index contributed by atoms with van der Waals surface area (Å²) in [5, 5.41) is 6.63. The van der Waals surface area contributed by atoms with Crippen LogP contribution in [0.25, 0.3) is 11.0 Å². The molecule has 1 aliphatic heterocycles. The van der Waals surface area contributed by atoms with E-state index < -0.39 is 23.6 Å². The van der Waals surface area contributed by atoms with Crippen molar-refractivity contribution in [2.75, 3.05) is 6.54 Å². The van der Waals surface area contributed by atoms with Crippen molar-refractivity contribution in [3.63, 3.8) is 0 Å². The van der Waals surface area contributed by atoms with E-state index in [0.717, 1.165) is 41.7 Å². The normalized spacial score (nSPS) is 17.3. The highest BCUT2D eigenvalue weighted by Gasteiger charge is 2.34. The molecule has 2 aromatic heterocycles. The molecule has 3 heterocycles. The van der Waals surface area contributed by atoms with Crippen LogP contribution in [0.4, 0.5) is 8.78 Å². The third-order valence-electron chi connectivity index (χ3n) is 6.24. The lowest BCUT2D eigenvalue weighted by Crippen LogP contribution is -2.53. The molecule has 0 spiro atoms. The molecule has 9 heteroatoms. The summed E-state index contributed by atoms with van der Waals surface area (Å²) in [6.07, 6.45) is 5.12. The van der Waals surface area contributed by atoms with Gasteiger partial charge in [0.15, 0.2) is 11.6 Å². The molecule has 3 aromatic rings. The smallest absolute Gasteiger partial charge is 0.243 e. The number of nitrogens with zero attached hydrogens (tertiary/aromatic N) is 2. The van der Waals surface area contributed by atoms with Gasteiger partial charge in [0.05, 0.1) is 6.04 Å². The standard InChI is InChI=1S/C25H29F2N5O2/c1-15(2)32-9-3-4-22(32)25(34)31-21(12-16-5-6-19(26)20(27)11-16)24(33)30-14-17-10-18-7-8-28-23(18)29-13-17/h5-8,10-11,13,15,21-22H,3-4,9,12,14H2,1-2H3,(H,28,29)(H,30,33)(H,31,34)/t21-,22+/m0/s1. The van der Waals surface area contributed by atoms with Crippen LogP contribution in [0.1, 0.15) is 37.8 Å². The summed E-state index contributed by atoms with van der Waals surface area (Å²) in [5.41, 5.74) is 1.98. The second-order valence-electron chi connectivity index (χ2n) is 8.98. The van der Waals surface area contributed by atoms with Crippen LogP contribution >= 0.6 is 0 Å². The summed E-state index contributed by atoms with van der Waals surface area (Å²) < 4.78 is 27.2. The predicted molar refractivity (Wildman–Crippen MR) is 125 cm³/mol. The predicted octanol–water partition coefficient (Wildman–Crippen LogP) is 3.06. The van der Waals surface area contributed by atoms with E-state index in [2.05, 4.69) is 25.5 Å². The summed E-state index contributed by atoms with van der Waals surface area (Å²) in [5.74, 6) is -2.58. The molecule has 0 unspecified atom stereocenters. The van der Waals surface area contributed by atoms with Gasteiger partial charge in [0, 0.05) is 36.8 Å². The second kappa shape index (κ2) is 10.3. The number of aromatic amines is 1. The van der Waals surface area contributed by atoms with Gasteiger partial charge in [-0.15, -0.1) is 0 Å². The van der Waals surface area contributed by atoms with Gasteiger partial charge in [-0.05, 0) is 68.6 Å². The average molecular weight is 470 g/mol. The number of rotatable bonds is 8. The summed E-state index contributed by atoms with van der Waals surface area (Å²) in [6.45, 7) is 5.11. The molecule has 180 valence electrons. The van der Waals surface area contributed by atoms with Crippen molar-refractivity contribution in [1.29, 1.82) is 0 Å². The largest absolute Gasteiger partial charge is 0.350 e. The van der Waals surface area contributed by atoms with E-state index in [1.165, 1.54) is 6.07 Å². The molecule has 1 saturated heterocycles. The van der Waals surface area contributed by atoms with Crippen LogP contribution in [0.3, 0.4) is 0 Å². The lowest BCUT2D eigenvalue weighted by molar-refractivity contribution is -0.131. The lowest BCUT2D eigenvalue weighted by Gasteiger charge is -2.29. The first-order valence-corrected chi connectivity index (χ1v) is 11.5. The highest BCUT2D eigenvalue weighted by atomic mass is 19.2. The zero-order valence-corrected chi connectivity index (χ0v) is 19.3. The molecule has 2 atom stereocenters. The van der Waals surface area contributed by atoms with Crippen LogP contribution in [0.2, 0.25) is 0 Å². The SMILES string of the molecule is CC(C)N1CCC[C@@H]1C(=O)N[C@@H](Cc1ccc(F)c(F)c1)C(=O)NCc1cnc2[nH]ccc2c1. The van der Waals surface area contributed by atoms with Crippen molar-refractivity contribution >= 4 is 22.8 Å². The number of halogens is 2. The third-order valence-corrected chi connectivity index (χ3v) is 6.24. The molecule has 34 heavy (non-hydrogen) atoms. The second-order valence-corrected chi connectivity index (χ2v) is 8.98. The maximum atomic E-state index is 13.8. The van der Waals surface area contributed by atoms with Gasteiger partial charge in [0.1, 0.15) is 11.7 Å². The van der Waals surface area contributed by atoms with Gasteiger partial charge in [-0.3, -0.25) is 14.5 Å². The van der Waals surface area contributed by atoms with Crippen LogP contribution in [-0.2, 0) is 22.6 Å². The van der Waals surface area contributed by atoms with Crippen molar-refractivity contribution < 1.29 is 18.4 Å². The zero-order chi connectivity index (χ0) is 24.2. The molecule has 3 N–H and O–H groups in total. The minimum Gasteiger partial charge on any atom is -0.350 e. The Balaban J connectivity index is 1.48. The molecule has 0 saturated carbocycles. The fourth-order valence-corrected chi connectivity index (χ4v) is 4.46. The highest BCUT2D eigenvalue weighted by molar-refractivity contribution is 5.90. The van der Waals surface area contributed by atoms with E-state index >= 15 is 0 Å². The van der Waals surface area contributed by atoms with Crippen molar-refractivity contribution in [1.82, 2.24) is 25.5 Å². The van der Waals surface area contributed by atoms with E-state index in [1.807, 2.05) is 26.0 Å². The number of H-pyrrole nitrogens is 1. The number of hydrogen-bond acceptors (Lipinski definition) is 4. The Kier molecular flexibility index (Phi) is 7.21. The topological polar surface area (TPSA) is 90.1 Å². The van der Waals surface area contributed by atoms with Gasteiger partial charge >= 0.3 is 0 Å². The molecule has 2 amide bonds. The molecule has 0 aliphatic carbocycles. The number of benzene rings is 1. The van der Waals surface area contributed by atoms with Crippen LogP contribution in [0.15, 0.2) is 42.7 Å². The highest BCUT2D eigenvalue weighted by Crippen LogP contribution is 2.20. The first kappa shape index (κ1) is 23.8. The first-order chi connectivity index (χ1) is 16.3. The Hall–Kier alpha value is -3.33. The molecule has 7 nitrogen and oxygen atoms in total. The van der Waals surface area contributed by atoms with Gasteiger partial charge in [-0.25, -0.2) is 13.8 Å². The number of likely N-dealkylation sites (tertiary alicyclic amines) is 1.